The Morgan fingerprint density at radius 2 is 1.54 bits per heavy atom. The number of hydrogen-bond donors (Lipinski definition) is 0. The second-order valence-corrected chi connectivity index (χ2v) is 7.97. The van der Waals surface area contributed by atoms with E-state index in [1.807, 2.05) is 30.4 Å². The maximum absolute atomic E-state index is 13.0. The molecule has 4 rings (SSSR count). The molecule has 3 amide bonds. The number of carbonyl (C=O) groups excluding carboxylic acids is 3. The predicted octanol–water partition coefficient (Wildman–Crippen LogP) is 1.67. The van der Waals surface area contributed by atoms with Gasteiger partial charge in [0.05, 0.1) is 11.8 Å². The maximum Gasteiger partial charge on any atom is 0.245 e. The molecular formula is C22H27N3O3. The van der Waals surface area contributed by atoms with Crippen molar-refractivity contribution in [3.05, 3.63) is 48.0 Å². The van der Waals surface area contributed by atoms with Crippen LogP contribution in [0.3, 0.4) is 0 Å². The molecule has 148 valence electrons. The molecule has 28 heavy (non-hydrogen) atoms. The number of fused-ring (bicyclic) bond motifs is 1. The molecule has 1 aliphatic carbocycles. The third-order valence-electron chi connectivity index (χ3n) is 6.22. The van der Waals surface area contributed by atoms with Gasteiger partial charge in [0, 0.05) is 32.7 Å². The quantitative estimate of drug-likeness (QED) is 0.588. The Labute approximate surface area is 165 Å². The lowest BCUT2D eigenvalue weighted by Gasteiger charge is -2.37. The van der Waals surface area contributed by atoms with Crippen molar-refractivity contribution >= 4 is 17.7 Å². The van der Waals surface area contributed by atoms with Crippen molar-refractivity contribution in [2.75, 3.05) is 26.2 Å². The average molecular weight is 381 g/mol. The maximum atomic E-state index is 13.0. The molecule has 2 saturated heterocycles. The Morgan fingerprint density at radius 3 is 2.11 bits per heavy atom. The predicted molar refractivity (Wildman–Crippen MR) is 105 cm³/mol. The van der Waals surface area contributed by atoms with Crippen LogP contribution in [0.15, 0.2) is 42.5 Å². The zero-order chi connectivity index (χ0) is 19.7. The van der Waals surface area contributed by atoms with E-state index in [2.05, 4.69) is 17.0 Å². The van der Waals surface area contributed by atoms with Gasteiger partial charge in [-0.3, -0.25) is 24.2 Å². The van der Waals surface area contributed by atoms with Gasteiger partial charge in [-0.2, -0.15) is 0 Å². The van der Waals surface area contributed by atoms with Gasteiger partial charge in [0.1, 0.15) is 6.04 Å². The zero-order valence-electron chi connectivity index (χ0n) is 16.3. The Morgan fingerprint density at radius 1 is 0.964 bits per heavy atom. The topological polar surface area (TPSA) is 60.9 Å². The van der Waals surface area contributed by atoms with Crippen molar-refractivity contribution in [1.82, 2.24) is 14.7 Å². The third kappa shape index (κ3) is 3.49. The highest BCUT2D eigenvalue weighted by molar-refractivity contribution is 6.08. The number of likely N-dealkylation sites (tertiary alicyclic amines) is 1. The molecule has 2 fully saturated rings. The van der Waals surface area contributed by atoms with Crippen molar-refractivity contribution in [2.45, 2.75) is 32.4 Å². The van der Waals surface area contributed by atoms with Crippen LogP contribution in [0.2, 0.25) is 0 Å². The summed E-state index contributed by atoms with van der Waals surface area (Å²) in [4.78, 5) is 43.8. The first-order valence-corrected chi connectivity index (χ1v) is 10.1. The summed E-state index contributed by atoms with van der Waals surface area (Å²) in [6, 6.07) is 9.58. The Hall–Kier alpha value is -2.47. The van der Waals surface area contributed by atoms with Crippen LogP contribution in [0, 0.1) is 11.8 Å². The number of rotatable bonds is 4. The van der Waals surface area contributed by atoms with Crippen molar-refractivity contribution in [3.63, 3.8) is 0 Å². The second-order valence-electron chi connectivity index (χ2n) is 7.97. The van der Waals surface area contributed by atoms with Crippen LogP contribution in [-0.2, 0) is 20.9 Å². The molecule has 1 aromatic rings. The molecule has 3 atom stereocenters. The number of allylic oxidation sites excluding steroid dienone is 2. The van der Waals surface area contributed by atoms with E-state index in [1.165, 1.54) is 10.5 Å². The van der Waals surface area contributed by atoms with Crippen LogP contribution in [0.25, 0.3) is 0 Å². The van der Waals surface area contributed by atoms with E-state index in [-0.39, 0.29) is 29.6 Å². The third-order valence-corrected chi connectivity index (χ3v) is 6.22. The van der Waals surface area contributed by atoms with Crippen molar-refractivity contribution in [2.24, 2.45) is 11.8 Å². The molecule has 6 nitrogen and oxygen atoms in total. The molecule has 0 radical (unpaired) electrons. The number of benzene rings is 1. The summed E-state index contributed by atoms with van der Waals surface area (Å²) in [5.74, 6) is -1.04. The first-order valence-electron chi connectivity index (χ1n) is 10.1. The van der Waals surface area contributed by atoms with E-state index in [0.717, 1.165) is 19.6 Å². The molecule has 2 heterocycles. The SMILES string of the molecule is C[C@H](C(=O)N1CCN(Cc2ccccc2)CC1)N1C(=O)[C@H]2CC=CC[C@@H]2C1=O. The van der Waals surface area contributed by atoms with Gasteiger partial charge in [0.25, 0.3) is 0 Å². The highest BCUT2D eigenvalue weighted by Crippen LogP contribution is 2.36. The van der Waals surface area contributed by atoms with E-state index in [0.29, 0.717) is 25.9 Å². The number of imide groups is 1. The van der Waals surface area contributed by atoms with Gasteiger partial charge < -0.3 is 4.90 Å². The highest BCUT2D eigenvalue weighted by Gasteiger charge is 2.50. The zero-order valence-corrected chi connectivity index (χ0v) is 16.3. The fourth-order valence-electron chi connectivity index (χ4n) is 4.55. The molecule has 0 unspecified atom stereocenters. The minimum atomic E-state index is -0.716. The summed E-state index contributed by atoms with van der Waals surface area (Å²) in [5, 5.41) is 0. The standard InChI is InChI=1S/C22H27N3O3/c1-16(25-21(27)18-9-5-6-10-19(18)22(25)28)20(26)24-13-11-23(12-14-24)15-17-7-3-2-4-8-17/h2-8,16,18-19H,9-15H2,1H3/t16-,18+,19+/m1/s1. The van der Waals surface area contributed by atoms with Crippen LogP contribution in [0.5, 0.6) is 0 Å². The second kappa shape index (κ2) is 7.87. The average Bonchev–Trinajstić information content (AvgIpc) is 2.99. The van der Waals surface area contributed by atoms with E-state index in [1.54, 1.807) is 11.8 Å². The molecule has 0 spiro atoms. The van der Waals surface area contributed by atoms with Crippen LogP contribution in [0.4, 0.5) is 0 Å². The van der Waals surface area contributed by atoms with Gasteiger partial charge in [-0.05, 0) is 25.3 Å². The molecule has 2 aliphatic heterocycles. The minimum Gasteiger partial charge on any atom is -0.338 e. The van der Waals surface area contributed by atoms with Crippen molar-refractivity contribution < 1.29 is 14.4 Å². The van der Waals surface area contributed by atoms with Crippen LogP contribution < -0.4 is 0 Å². The van der Waals surface area contributed by atoms with Gasteiger partial charge in [-0.15, -0.1) is 0 Å². The lowest BCUT2D eigenvalue weighted by molar-refractivity contribution is -0.151. The van der Waals surface area contributed by atoms with Gasteiger partial charge in [-0.1, -0.05) is 42.5 Å². The summed E-state index contributed by atoms with van der Waals surface area (Å²) in [6.45, 7) is 5.41. The summed E-state index contributed by atoms with van der Waals surface area (Å²) >= 11 is 0. The van der Waals surface area contributed by atoms with Gasteiger partial charge in [0.15, 0.2) is 0 Å². The van der Waals surface area contributed by atoms with Crippen molar-refractivity contribution in [1.29, 1.82) is 0 Å². The first kappa shape index (κ1) is 18.9. The van der Waals surface area contributed by atoms with Gasteiger partial charge in [-0.25, -0.2) is 0 Å². The molecule has 0 saturated carbocycles. The van der Waals surface area contributed by atoms with Crippen LogP contribution in [-0.4, -0.2) is 64.6 Å². The van der Waals surface area contributed by atoms with Crippen molar-refractivity contribution in [3.8, 4) is 0 Å². The number of nitrogens with zero attached hydrogens (tertiary/aromatic N) is 3. The lowest BCUT2D eigenvalue weighted by atomic mass is 9.85. The largest absolute Gasteiger partial charge is 0.338 e. The Bertz CT molecular complexity index is 757. The molecule has 1 aromatic carbocycles. The first-order chi connectivity index (χ1) is 13.6. The van der Waals surface area contributed by atoms with E-state index < -0.39 is 6.04 Å². The number of amides is 3. The minimum absolute atomic E-state index is 0.118. The number of carbonyl (C=O) groups is 3. The van der Waals surface area contributed by atoms with Crippen LogP contribution in [0.1, 0.15) is 25.3 Å². The molecular weight excluding hydrogens is 354 g/mol. The molecule has 0 aromatic heterocycles. The van der Waals surface area contributed by atoms with E-state index in [9.17, 15) is 14.4 Å². The summed E-state index contributed by atoms with van der Waals surface area (Å²) in [6.07, 6.45) is 5.14. The Balaban J connectivity index is 1.35. The van der Waals surface area contributed by atoms with Gasteiger partial charge in [0.2, 0.25) is 17.7 Å². The normalized spacial score (nSPS) is 26.5. The van der Waals surface area contributed by atoms with Gasteiger partial charge >= 0.3 is 0 Å². The highest BCUT2D eigenvalue weighted by atomic mass is 16.2. The lowest BCUT2D eigenvalue weighted by Crippen LogP contribution is -2.55. The van der Waals surface area contributed by atoms with Crippen LogP contribution >= 0.6 is 0 Å². The monoisotopic (exact) mass is 381 g/mol. The number of piperazine rings is 1. The fourth-order valence-corrected chi connectivity index (χ4v) is 4.55. The van der Waals surface area contributed by atoms with E-state index >= 15 is 0 Å². The molecule has 0 N–H and O–H groups in total. The smallest absolute Gasteiger partial charge is 0.245 e. The summed E-state index contributed by atoms with van der Waals surface area (Å²) < 4.78 is 0. The molecule has 3 aliphatic rings. The molecule has 0 bridgehead atoms. The summed E-state index contributed by atoms with van der Waals surface area (Å²) in [7, 11) is 0. The molecule has 6 heteroatoms. The van der Waals surface area contributed by atoms with E-state index in [4.69, 9.17) is 0 Å². The summed E-state index contributed by atoms with van der Waals surface area (Å²) in [5.41, 5.74) is 1.26. The number of hydrogen-bond acceptors (Lipinski definition) is 4. The Kier molecular flexibility index (Phi) is 5.31. The fraction of sp³-hybridized carbons (Fsp3) is 0.500.